The van der Waals surface area contributed by atoms with E-state index in [0.717, 1.165) is 11.1 Å². The molecule has 0 unspecified atom stereocenters. The van der Waals surface area contributed by atoms with Crippen molar-refractivity contribution in [2.75, 3.05) is 0 Å². The lowest BCUT2D eigenvalue weighted by Crippen LogP contribution is -2.25. The average molecular weight is 339 g/mol. The van der Waals surface area contributed by atoms with Gasteiger partial charge in [0.15, 0.2) is 0 Å². The number of carbonyl (C=O) groups is 1. The van der Waals surface area contributed by atoms with Gasteiger partial charge in [-0.2, -0.15) is 0 Å². The van der Waals surface area contributed by atoms with E-state index in [1.54, 1.807) is 30.3 Å². The van der Waals surface area contributed by atoms with Crippen LogP contribution >= 0.6 is 0 Å². The molecule has 0 atom stereocenters. The quantitative estimate of drug-likeness (QED) is 0.776. The minimum absolute atomic E-state index is 0.163. The molecule has 0 saturated carbocycles. The molecule has 6 heteroatoms. The number of nitrogens with one attached hydrogen (secondary N) is 1. The highest BCUT2D eigenvalue weighted by Crippen LogP contribution is 2.17. The molecule has 4 nitrogen and oxygen atoms in total. The van der Waals surface area contributed by atoms with Gasteiger partial charge in [-0.3, -0.25) is 4.79 Å². The van der Waals surface area contributed by atoms with Crippen LogP contribution in [-0.2, 0) is 17.8 Å². The van der Waals surface area contributed by atoms with Crippen molar-refractivity contribution in [2.45, 2.75) is 13.0 Å². The second-order valence-corrected chi connectivity index (χ2v) is 5.48. The summed E-state index contributed by atoms with van der Waals surface area (Å²) in [5.74, 6) is -0.835. The molecule has 0 aliphatic rings. The predicted molar refractivity (Wildman–Crippen MR) is 89.4 cm³/mol. The molecule has 126 valence electrons. The topological polar surface area (TPSA) is 54.9 Å². The molecule has 25 heavy (non-hydrogen) atoms. The fourth-order valence-corrected chi connectivity index (χ4v) is 2.31. The van der Waals surface area contributed by atoms with Crippen molar-refractivity contribution in [1.29, 1.82) is 0 Å². The molecule has 1 amide bonds. The molecule has 3 aromatic rings. The molecule has 3 rings (SSSR count). The zero-order valence-electron chi connectivity index (χ0n) is 13.2. The van der Waals surface area contributed by atoms with Crippen molar-refractivity contribution in [3.8, 4) is 11.3 Å². The first-order valence-electron chi connectivity index (χ1n) is 7.68. The fourth-order valence-electron chi connectivity index (χ4n) is 2.31. The van der Waals surface area contributed by atoms with Gasteiger partial charge in [-0.05, 0) is 48.0 Å². The predicted octanol–water partition coefficient (Wildman–Crippen LogP) is 3.28. The van der Waals surface area contributed by atoms with Gasteiger partial charge in [-0.1, -0.05) is 12.1 Å². The van der Waals surface area contributed by atoms with Crippen LogP contribution in [0.15, 0.2) is 60.9 Å². The Hall–Kier alpha value is -3.15. The third-order valence-electron chi connectivity index (χ3n) is 3.61. The van der Waals surface area contributed by atoms with Gasteiger partial charge in [0.1, 0.15) is 18.0 Å². The summed E-state index contributed by atoms with van der Waals surface area (Å²) in [6.45, 7) is 0.247. The monoisotopic (exact) mass is 339 g/mol. The highest BCUT2D eigenvalue weighted by molar-refractivity contribution is 5.78. The molecule has 1 aromatic heterocycles. The van der Waals surface area contributed by atoms with Crippen molar-refractivity contribution in [1.82, 2.24) is 15.3 Å². The van der Waals surface area contributed by atoms with Crippen LogP contribution in [0.1, 0.15) is 11.3 Å². The van der Waals surface area contributed by atoms with Crippen LogP contribution in [0.25, 0.3) is 11.3 Å². The fraction of sp³-hybridized carbons (Fsp3) is 0.105. The summed E-state index contributed by atoms with van der Waals surface area (Å²) in [5.41, 5.74) is 2.79. The van der Waals surface area contributed by atoms with Gasteiger partial charge in [-0.15, -0.1) is 0 Å². The summed E-state index contributed by atoms with van der Waals surface area (Å²) in [4.78, 5) is 20.3. The summed E-state index contributed by atoms with van der Waals surface area (Å²) < 4.78 is 25.8. The maximum Gasteiger partial charge on any atom is 0.224 e. The van der Waals surface area contributed by atoms with Crippen molar-refractivity contribution < 1.29 is 13.6 Å². The maximum absolute atomic E-state index is 13.0. The van der Waals surface area contributed by atoms with E-state index in [4.69, 9.17) is 0 Å². The molecule has 0 aliphatic carbocycles. The van der Waals surface area contributed by atoms with Gasteiger partial charge in [-0.25, -0.2) is 18.7 Å². The van der Waals surface area contributed by atoms with Crippen LogP contribution in [0.2, 0.25) is 0 Å². The van der Waals surface area contributed by atoms with Crippen LogP contribution in [0, 0.1) is 11.6 Å². The Morgan fingerprint density at radius 3 is 2.24 bits per heavy atom. The summed E-state index contributed by atoms with van der Waals surface area (Å²) in [6, 6.07) is 13.5. The molecule has 0 bridgehead atoms. The second-order valence-electron chi connectivity index (χ2n) is 5.48. The molecule has 0 aliphatic heterocycles. The van der Waals surface area contributed by atoms with Gasteiger partial charge < -0.3 is 5.32 Å². The van der Waals surface area contributed by atoms with Crippen LogP contribution in [0.3, 0.4) is 0 Å². The van der Waals surface area contributed by atoms with Gasteiger partial charge in [0.25, 0.3) is 0 Å². The van der Waals surface area contributed by atoms with E-state index >= 15 is 0 Å². The highest BCUT2D eigenvalue weighted by atomic mass is 19.1. The Balaban J connectivity index is 1.61. The number of hydrogen-bond donors (Lipinski definition) is 1. The number of halogens is 2. The molecular formula is C19H15F2N3O. The smallest absolute Gasteiger partial charge is 0.224 e. The van der Waals surface area contributed by atoms with E-state index in [-0.39, 0.29) is 30.5 Å². The molecule has 0 spiro atoms. The van der Waals surface area contributed by atoms with Crippen LogP contribution in [0.4, 0.5) is 8.78 Å². The van der Waals surface area contributed by atoms with Crippen molar-refractivity contribution in [2.24, 2.45) is 0 Å². The molecule has 0 fully saturated rings. The Morgan fingerprint density at radius 1 is 0.920 bits per heavy atom. The number of aromatic nitrogens is 2. The van der Waals surface area contributed by atoms with Gasteiger partial charge in [0.05, 0.1) is 24.4 Å². The van der Waals surface area contributed by atoms with Crippen LogP contribution in [-0.4, -0.2) is 15.9 Å². The second kappa shape index (κ2) is 7.61. The third-order valence-corrected chi connectivity index (χ3v) is 3.61. The number of hydrogen-bond acceptors (Lipinski definition) is 3. The third kappa shape index (κ3) is 4.67. The van der Waals surface area contributed by atoms with Crippen LogP contribution in [0.5, 0.6) is 0 Å². The largest absolute Gasteiger partial charge is 0.350 e. The number of nitrogens with zero attached hydrogens (tertiary/aromatic N) is 2. The van der Waals surface area contributed by atoms with Crippen molar-refractivity contribution in [3.63, 3.8) is 0 Å². The van der Waals surface area contributed by atoms with E-state index < -0.39 is 0 Å². The molecule has 0 radical (unpaired) electrons. The average Bonchev–Trinajstić information content (AvgIpc) is 2.63. The van der Waals surface area contributed by atoms with Crippen molar-refractivity contribution in [3.05, 3.63) is 83.8 Å². The SMILES string of the molecule is O=C(Cc1ccc(F)cc1)NCc1cc(-c2ccc(F)cc2)ncn1. The molecule has 1 N–H and O–H groups in total. The molecule has 2 aromatic carbocycles. The minimum Gasteiger partial charge on any atom is -0.350 e. The van der Waals surface area contributed by atoms with E-state index in [2.05, 4.69) is 15.3 Å². The number of rotatable bonds is 5. The Morgan fingerprint density at radius 2 is 1.56 bits per heavy atom. The maximum atomic E-state index is 13.0. The summed E-state index contributed by atoms with van der Waals surface area (Å²) in [5, 5.41) is 2.77. The van der Waals surface area contributed by atoms with Gasteiger partial charge in [0.2, 0.25) is 5.91 Å². The molecule has 1 heterocycles. The van der Waals surface area contributed by atoms with Gasteiger partial charge in [0, 0.05) is 5.56 Å². The highest BCUT2D eigenvalue weighted by Gasteiger charge is 2.06. The first kappa shape index (κ1) is 16.7. The summed E-state index contributed by atoms with van der Waals surface area (Å²) in [7, 11) is 0. The van der Waals surface area contributed by atoms with E-state index in [1.807, 2.05) is 0 Å². The normalized spacial score (nSPS) is 10.5. The van der Waals surface area contributed by atoms with Gasteiger partial charge >= 0.3 is 0 Å². The number of benzene rings is 2. The number of amides is 1. The Labute approximate surface area is 143 Å². The molecule has 0 saturated heterocycles. The molecular weight excluding hydrogens is 324 g/mol. The standard InChI is InChI=1S/C19H15F2N3O/c20-15-5-1-13(2-6-15)9-19(25)22-11-17-10-18(24-12-23-17)14-3-7-16(21)8-4-14/h1-8,10,12H,9,11H2,(H,22,25). The first-order valence-corrected chi connectivity index (χ1v) is 7.68. The zero-order chi connectivity index (χ0) is 17.6. The van der Waals surface area contributed by atoms with E-state index in [0.29, 0.717) is 11.4 Å². The summed E-state index contributed by atoms with van der Waals surface area (Å²) >= 11 is 0. The Bertz CT molecular complexity index is 865. The lowest BCUT2D eigenvalue weighted by molar-refractivity contribution is -0.120. The van der Waals surface area contributed by atoms with E-state index in [9.17, 15) is 13.6 Å². The van der Waals surface area contributed by atoms with E-state index in [1.165, 1.54) is 30.6 Å². The minimum atomic E-state index is -0.335. The van der Waals surface area contributed by atoms with Crippen molar-refractivity contribution >= 4 is 5.91 Å². The number of carbonyl (C=O) groups excluding carboxylic acids is 1. The summed E-state index contributed by atoms with van der Waals surface area (Å²) in [6.07, 6.45) is 1.57. The van der Waals surface area contributed by atoms with Crippen LogP contribution < -0.4 is 5.32 Å². The zero-order valence-corrected chi connectivity index (χ0v) is 13.2. The Kier molecular flexibility index (Phi) is 5.09. The lowest BCUT2D eigenvalue weighted by atomic mass is 10.1. The first-order chi connectivity index (χ1) is 12.1. The lowest BCUT2D eigenvalue weighted by Gasteiger charge is -2.07.